The smallest absolute Gasteiger partial charge is 0.159 e. The SMILES string of the molecule is CCCNC(Cc1cccc(Cl)c1Cl)CC1OCCO1. The van der Waals surface area contributed by atoms with Gasteiger partial charge in [-0.15, -0.1) is 0 Å². The molecule has 1 aromatic rings. The maximum Gasteiger partial charge on any atom is 0.159 e. The summed E-state index contributed by atoms with van der Waals surface area (Å²) in [6, 6.07) is 6.04. The first-order valence-corrected chi connectivity index (χ1v) is 7.85. The van der Waals surface area contributed by atoms with Crippen molar-refractivity contribution < 1.29 is 9.47 Å². The van der Waals surface area contributed by atoms with Gasteiger partial charge in [-0.05, 0) is 31.0 Å². The third kappa shape index (κ3) is 4.61. The molecule has 0 radical (unpaired) electrons. The van der Waals surface area contributed by atoms with Crippen LogP contribution in [0.1, 0.15) is 25.3 Å². The highest BCUT2D eigenvalue weighted by Gasteiger charge is 2.22. The molecular weight excluding hydrogens is 297 g/mol. The van der Waals surface area contributed by atoms with Gasteiger partial charge in [0.15, 0.2) is 6.29 Å². The molecule has 1 saturated heterocycles. The summed E-state index contributed by atoms with van der Waals surface area (Å²) in [5.41, 5.74) is 1.06. The first-order chi connectivity index (χ1) is 9.70. The minimum atomic E-state index is -0.109. The van der Waals surface area contributed by atoms with Crippen LogP contribution in [0, 0.1) is 0 Å². The van der Waals surface area contributed by atoms with E-state index < -0.39 is 0 Å². The Kier molecular flexibility index (Phi) is 6.59. The van der Waals surface area contributed by atoms with Crippen molar-refractivity contribution in [2.75, 3.05) is 19.8 Å². The second kappa shape index (κ2) is 8.20. The van der Waals surface area contributed by atoms with Gasteiger partial charge in [-0.2, -0.15) is 0 Å². The second-order valence-electron chi connectivity index (χ2n) is 4.97. The summed E-state index contributed by atoms with van der Waals surface area (Å²) in [5, 5.41) is 4.78. The molecule has 2 rings (SSSR count). The molecule has 0 saturated carbocycles. The standard InChI is InChI=1S/C15H21Cl2NO2/c1-2-6-18-12(10-14-19-7-8-20-14)9-11-4-3-5-13(16)15(11)17/h3-5,12,14,18H,2,6-10H2,1H3. The summed E-state index contributed by atoms with van der Waals surface area (Å²) in [6.45, 7) is 4.49. The van der Waals surface area contributed by atoms with E-state index in [4.69, 9.17) is 32.7 Å². The zero-order valence-electron chi connectivity index (χ0n) is 11.7. The Morgan fingerprint density at radius 2 is 2.05 bits per heavy atom. The quantitative estimate of drug-likeness (QED) is 0.832. The van der Waals surface area contributed by atoms with Crippen LogP contribution in [0.2, 0.25) is 10.0 Å². The van der Waals surface area contributed by atoms with E-state index in [0.29, 0.717) is 23.3 Å². The molecule has 5 heteroatoms. The minimum Gasteiger partial charge on any atom is -0.350 e. The minimum absolute atomic E-state index is 0.109. The van der Waals surface area contributed by atoms with Gasteiger partial charge in [0, 0.05) is 12.5 Å². The van der Waals surface area contributed by atoms with Crippen molar-refractivity contribution in [1.82, 2.24) is 5.32 Å². The molecule has 1 N–H and O–H groups in total. The van der Waals surface area contributed by atoms with Crippen molar-refractivity contribution in [2.24, 2.45) is 0 Å². The van der Waals surface area contributed by atoms with Crippen LogP contribution in [-0.2, 0) is 15.9 Å². The van der Waals surface area contributed by atoms with Crippen molar-refractivity contribution in [1.29, 1.82) is 0 Å². The Morgan fingerprint density at radius 3 is 2.75 bits per heavy atom. The van der Waals surface area contributed by atoms with E-state index in [1.54, 1.807) is 0 Å². The number of hydrogen-bond acceptors (Lipinski definition) is 3. The normalized spacial score (nSPS) is 17.6. The summed E-state index contributed by atoms with van der Waals surface area (Å²) in [5.74, 6) is 0. The van der Waals surface area contributed by atoms with Crippen LogP contribution < -0.4 is 5.32 Å². The molecule has 0 aromatic heterocycles. The fourth-order valence-electron chi connectivity index (χ4n) is 2.33. The highest BCUT2D eigenvalue weighted by molar-refractivity contribution is 6.42. The molecule has 1 fully saturated rings. The van der Waals surface area contributed by atoms with Gasteiger partial charge < -0.3 is 14.8 Å². The summed E-state index contributed by atoms with van der Waals surface area (Å²) in [6.07, 6.45) is 2.62. The Balaban J connectivity index is 1.99. The number of hydrogen-bond donors (Lipinski definition) is 1. The Bertz CT molecular complexity index is 422. The fraction of sp³-hybridized carbons (Fsp3) is 0.600. The van der Waals surface area contributed by atoms with Gasteiger partial charge >= 0.3 is 0 Å². The van der Waals surface area contributed by atoms with Crippen molar-refractivity contribution in [3.8, 4) is 0 Å². The molecule has 1 unspecified atom stereocenters. The van der Waals surface area contributed by atoms with E-state index in [0.717, 1.165) is 31.4 Å². The van der Waals surface area contributed by atoms with Gasteiger partial charge in [0.2, 0.25) is 0 Å². The van der Waals surface area contributed by atoms with E-state index >= 15 is 0 Å². The second-order valence-corrected chi connectivity index (χ2v) is 5.76. The van der Waals surface area contributed by atoms with E-state index in [9.17, 15) is 0 Å². The zero-order valence-corrected chi connectivity index (χ0v) is 13.2. The van der Waals surface area contributed by atoms with Crippen LogP contribution in [0.15, 0.2) is 18.2 Å². The number of benzene rings is 1. The third-order valence-electron chi connectivity index (χ3n) is 3.35. The van der Waals surface area contributed by atoms with Crippen LogP contribution >= 0.6 is 23.2 Å². The van der Waals surface area contributed by atoms with Gasteiger partial charge in [0.25, 0.3) is 0 Å². The number of ether oxygens (including phenoxy) is 2. The molecule has 0 bridgehead atoms. The van der Waals surface area contributed by atoms with Gasteiger partial charge in [0.1, 0.15) is 0 Å². The molecule has 0 aliphatic carbocycles. The number of rotatable bonds is 7. The molecule has 0 spiro atoms. The van der Waals surface area contributed by atoms with Crippen molar-refractivity contribution in [3.63, 3.8) is 0 Å². The van der Waals surface area contributed by atoms with Crippen LogP contribution in [0.4, 0.5) is 0 Å². The zero-order chi connectivity index (χ0) is 14.4. The van der Waals surface area contributed by atoms with Crippen molar-refractivity contribution in [3.05, 3.63) is 33.8 Å². The van der Waals surface area contributed by atoms with Gasteiger partial charge in [0.05, 0.1) is 23.3 Å². The molecule has 3 nitrogen and oxygen atoms in total. The summed E-state index contributed by atoms with van der Waals surface area (Å²) >= 11 is 12.3. The van der Waals surface area contributed by atoms with E-state index in [2.05, 4.69) is 12.2 Å². The van der Waals surface area contributed by atoms with E-state index in [1.807, 2.05) is 18.2 Å². The van der Waals surface area contributed by atoms with E-state index in [-0.39, 0.29) is 12.3 Å². The van der Waals surface area contributed by atoms with E-state index in [1.165, 1.54) is 0 Å². The topological polar surface area (TPSA) is 30.5 Å². The summed E-state index contributed by atoms with van der Waals surface area (Å²) < 4.78 is 11.1. The lowest BCUT2D eigenvalue weighted by molar-refractivity contribution is -0.0526. The molecule has 1 aliphatic rings. The van der Waals surface area contributed by atoms with Crippen molar-refractivity contribution >= 4 is 23.2 Å². The molecule has 1 atom stereocenters. The van der Waals surface area contributed by atoms with Crippen LogP contribution in [0.25, 0.3) is 0 Å². The average Bonchev–Trinajstić information content (AvgIpc) is 2.94. The van der Waals surface area contributed by atoms with Gasteiger partial charge in [-0.25, -0.2) is 0 Å². The highest BCUT2D eigenvalue weighted by atomic mass is 35.5. The molecular formula is C15H21Cl2NO2. The van der Waals surface area contributed by atoms with Gasteiger partial charge in [-0.3, -0.25) is 0 Å². The number of nitrogens with one attached hydrogen (secondary N) is 1. The molecule has 1 aromatic carbocycles. The van der Waals surface area contributed by atoms with Gasteiger partial charge in [-0.1, -0.05) is 42.3 Å². The molecule has 20 heavy (non-hydrogen) atoms. The maximum atomic E-state index is 6.27. The molecule has 0 amide bonds. The average molecular weight is 318 g/mol. The van der Waals surface area contributed by atoms with Crippen LogP contribution in [0.5, 0.6) is 0 Å². The fourth-order valence-corrected chi connectivity index (χ4v) is 2.73. The maximum absolute atomic E-state index is 6.27. The monoisotopic (exact) mass is 317 g/mol. The summed E-state index contributed by atoms with van der Waals surface area (Å²) in [7, 11) is 0. The molecule has 112 valence electrons. The Labute approximate surface area is 130 Å². The lowest BCUT2D eigenvalue weighted by Gasteiger charge is -2.22. The Hall–Kier alpha value is -0.320. The van der Waals surface area contributed by atoms with Crippen LogP contribution in [-0.4, -0.2) is 32.1 Å². The molecule has 1 heterocycles. The summed E-state index contributed by atoms with van der Waals surface area (Å²) in [4.78, 5) is 0. The lowest BCUT2D eigenvalue weighted by Crippen LogP contribution is -2.35. The highest BCUT2D eigenvalue weighted by Crippen LogP contribution is 2.27. The lowest BCUT2D eigenvalue weighted by atomic mass is 10.0. The first-order valence-electron chi connectivity index (χ1n) is 7.10. The molecule has 1 aliphatic heterocycles. The predicted molar refractivity (Wildman–Crippen MR) is 82.6 cm³/mol. The first kappa shape index (κ1) is 16.1. The van der Waals surface area contributed by atoms with Crippen LogP contribution in [0.3, 0.4) is 0 Å². The largest absolute Gasteiger partial charge is 0.350 e. The third-order valence-corrected chi connectivity index (χ3v) is 4.21. The Morgan fingerprint density at radius 1 is 1.30 bits per heavy atom. The predicted octanol–water partition coefficient (Wildman–Crippen LogP) is 3.67. The van der Waals surface area contributed by atoms with Crippen molar-refractivity contribution in [2.45, 2.75) is 38.5 Å². The number of halogens is 2.